The molecule has 0 radical (unpaired) electrons. The molecule has 15 atom stereocenters. The highest BCUT2D eigenvalue weighted by Gasteiger charge is 2.72. The maximum atomic E-state index is 14.8. The number of fused-ring (bicyclic) bond motifs is 17. The molecular weight excluding hydrogens is 801 g/mol. The summed E-state index contributed by atoms with van der Waals surface area (Å²) in [5.41, 5.74) is 2.02. The van der Waals surface area contributed by atoms with Crippen molar-refractivity contribution in [3.8, 4) is 11.5 Å². The molecule has 9 aliphatic carbocycles. The monoisotopic (exact) mass is 871 g/mol. The van der Waals surface area contributed by atoms with Crippen LogP contribution in [0.4, 0.5) is 0 Å². The van der Waals surface area contributed by atoms with Crippen LogP contribution in [0.5, 0.6) is 11.5 Å². The lowest BCUT2D eigenvalue weighted by molar-refractivity contribution is -0.231. The van der Waals surface area contributed by atoms with Crippen LogP contribution >= 0.6 is 0 Å². The molecule has 1 aromatic carbocycles. The Morgan fingerprint density at radius 1 is 0.672 bits per heavy atom. The van der Waals surface area contributed by atoms with Crippen LogP contribution in [0.25, 0.3) is 0 Å². The second kappa shape index (κ2) is 12.3. The third kappa shape index (κ3) is 4.56. The molecule has 0 amide bonds. The van der Waals surface area contributed by atoms with Gasteiger partial charge in [-0.05, 0) is 152 Å². The number of ether oxygens (including phenoxy) is 2. The summed E-state index contributed by atoms with van der Waals surface area (Å²) in [5, 5.41) is 24.3. The van der Waals surface area contributed by atoms with Crippen LogP contribution in [0.3, 0.4) is 0 Å². The SMILES string of the molecule is Cc1c2c(cc3c1C(=O)C=C1[C@@]3(C)CC[C@@]3(C)[C@H]4C[C@@H](C)C(=O)C[C@]4(C)CC[C@]13C)O[C@@]1(O)C(=O)C=C3C(=CC=C4[C@@]3(C)CC[C@@]3(C)[C@@H]5C[C@@H](C)C(=O)[C@@H](O)[C@]5(C)CC[C@]43C)[C@@]1(C)O2. The molecule has 1 aliphatic heterocycles. The number of ketones is 4. The number of carbonyl (C=O) groups is 4. The molecule has 0 bridgehead atoms. The predicted molar refractivity (Wildman–Crippen MR) is 244 cm³/mol. The quantitative estimate of drug-likeness (QED) is 0.264. The first kappa shape index (κ1) is 43.0. The molecule has 0 spiro atoms. The third-order valence-corrected chi connectivity index (χ3v) is 22.6. The van der Waals surface area contributed by atoms with E-state index in [0.29, 0.717) is 40.6 Å². The number of hydrogen-bond acceptors (Lipinski definition) is 8. The number of Topliss-reactive ketones (excluding diaryl/α,β-unsaturated/α-hetero) is 2. The van der Waals surface area contributed by atoms with Gasteiger partial charge >= 0.3 is 5.79 Å². The van der Waals surface area contributed by atoms with Gasteiger partial charge < -0.3 is 19.7 Å². The van der Waals surface area contributed by atoms with Gasteiger partial charge in [0.25, 0.3) is 0 Å². The minimum absolute atomic E-state index is 0.0355. The number of carbonyl (C=O) groups excluding carboxylic acids is 4. The maximum Gasteiger partial charge on any atom is 0.317 e. The molecule has 2 N–H and O–H groups in total. The van der Waals surface area contributed by atoms with Gasteiger partial charge in [-0.15, -0.1) is 0 Å². The van der Waals surface area contributed by atoms with Crippen molar-refractivity contribution in [2.45, 2.75) is 177 Å². The largest absolute Gasteiger partial charge is 0.471 e. The van der Waals surface area contributed by atoms with E-state index in [1.54, 1.807) is 13.0 Å². The zero-order valence-corrected chi connectivity index (χ0v) is 40.4. The first-order valence-electron chi connectivity index (χ1n) is 24.6. The summed E-state index contributed by atoms with van der Waals surface area (Å²) >= 11 is 0. The van der Waals surface area contributed by atoms with E-state index in [9.17, 15) is 29.4 Å². The second-order valence-electron chi connectivity index (χ2n) is 25.3. The fourth-order valence-corrected chi connectivity index (χ4v) is 17.9. The second-order valence-corrected chi connectivity index (χ2v) is 25.3. The van der Waals surface area contributed by atoms with Crippen LogP contribution in [0, 0.1) is 68.5 Å². The molecule has 11 rings (SSSR count). The number of rotatable bonds is 0. The van der Waals surface area contributed by atoms with Crippen molar-refractivity contribution in [1.82, 2.24) is 0 Å². The highest BCUT2D eigenvalue weighted by atomic mass is 16.7. The Morgan fingerprint density at radius 2 is 1.30 bits per heavy atom. The Kier molecular flexibility index (Phi) is 8.25. The zero-order chi connectivity index (χ0) is 46.1. The Balaban J connectivity index is 0.985. The predicted octanol–water partition coefficient (Wildman–Crippen LogP) is 10.4. The number of aliphatic hydroxyl groups is 2. The molecule has 8 heteroatoms. The lowest BCUT2D eigenvalue weighted by Crippen LogP contribution is -2.70. The average molecular weight is 871 g/mol. The fraction of sp³-hybridized carbons (Fsp3) is 0.679. The van der Waals surface area contributed by atoms with Crippen molar-refractivity contribution in [2.24, 2.45) is 61.6 Å². The van der Waals surface area contributed by atoms with Gasteiger partial charge in [0.1, 0.15) is 11.9 Å². The van der Waals surface area contributed by atoms with E-state index in [1.165, 1.54) is 5.57 Å². The molecule has 0 saturated heterocycles. The maximum absolute atomic E-state index is 14.8. The summed E-state index contributed by atoms with van der Waals surface area (Å²) in [6.45, 7) is 26.2. The lowest BCUT2D eigenvalue weighted by Gasteiger charge is -2.70. The number of aliphatic hydroxyl groups excluding tert-OH is 1. The van der Waals surface area contributed by atoms with Gasteiger partial charge in [0, 0.05) is 51.2 Å². The van der Waals surface area contributed by atoms with Crippen molar-refractivity contribution in [2.75, 3.05) is 0 Å². The summed E-state index contributed by atoms with van der Waals surface area (Å²) in [7, 11) is 0. The van der Waals surface area contributed by atoms with Crippen molar-refractivity contribution >= 4 is 23.1 Å². The average Bonchev–Trinajstić information content (AvgIpc) is 3.23. The standard InChI is InChI=1S/C56H70O8/c1-29-23-39-47(4,28-36(29)58)15-19-53(10)41-27-35(57)43-31(3)45-37(25-34(43)49(41,6)17-20-52(39,53)9)63-56(62)42(59)26-33-32(55(56,12)64-45)13-14-38-48(33,5)16-21-54(11)40-24-30(2)44(60)46(61)50(40,7)18-22-51(38,54)8/h13-14,25-27,29-30,39-40,46,61-62H,15-24,28H2,1-12H3/t29-,30-,39+,40-,46-,47+,48+,49+,50-,51-,52+,53-,54+,55-,56+/m1/s1. The molecule has 8 nitrogen and oxygen atoms in total. The van der Waals surface area contributed by atoms with Crippen molar-refractivity contribution in [3.05, 3.63) is 69.4 Å². The van der Waals surface area contributed by atoms with Gasteiger partial charge in [-0.25, -0.2) is 0 Å². The molecule has 6 fully saturated rings. The molecular formula is C56H70O8. The normalized spacial score (nSPS) is 50.9. The van der Waals surface area contributed by atoms with E-state index in [4.69, 9.17) is 9.47 Å². The van der Waals surface area contributed by atoms with Crippen LogP contribution < -0.4 is 9.47 Å². The molecule has 6 saturated carbocycles. The van der Waals surface area contributed by atoms with Gasteiger partial charge in [-0.1, -0.05) is 87.0 Å². The Bertz CT molecular complexity index is 2580. The zero-order valence-electron chi connectivity index (χ0n) is 40.4. The summed E-state index contributed by atoms with van der Waals surface area (Å²) in [4.78, 5) is 55.9. The van der Waals surface area contributed by atoms with E-state index in [2.05, 4.69) is 68.4 Å². The molecule has 1 aromatic rings. The van der Waals surface area contributed by atoms with E-state index < -0.39 is 39.5 Å². The van der Waals surface area contributed by atoms with Crippen LogP contribution in [-0.4, -0.2) is 50.8 Å². The highest BCUT2D eigenvalue weighted by molar-refractivity contribution is 6.10. The van der Waals surface area contributed by atoms with Gasteiger partial charge in [0.15, 0.2) is 23.1 Å². The molecule has 0 unspecified atom stereocenters. The lowest BCUT2D eigenvalue weighted by atomic mass is 9.34. The van der Waals surface area contributed by atoms with Crippen molar-refractivity contribution < 1.29 is 38.9 Å². The van der Waals surface area contributed by atoms with E-state index in [1.807, 2.05) is 32.1 Å². The van der Waals surface area contributed by atoms with Crippen LogP contribution in [0.1, 0.15) is 168 Å². The first-order chi connectivity index (χ1) is 29.6. The Morgan fingerprint density at radius 3 is 2.00 bits per heavy atom. The summed E-state index contributed by atoms with van der Waals surface area (Å²) in [6, 6.07) is 1.90. The molecule has 0 aromatic heterocycles. The van der Waals surface area contributed by atoms with Crippen molar-refractivity contribution in [1.29, 1.82) is 0 Å². The number of benzene rings is 1. The number of hydrogen-bond donors (Lipinski definition) is 2. The Labute approximate surface area is 379 Å². The topological polar surface area (TPSA) is 127 Å². The molecule has 10 aliphatic rings. The van der Waals surface area contributed by atoms with Gasteiger partial charge in [0.2, 0.25) is 11.4 Å². The first-order valence-corrected chi connectivity index (χ1v) is 24.6. The summed E-state index contributed by atoms with van der Waals surface area (Å²) in [5.74, 6) is -1.63. The molecule has 64 heavy (non-hydrogen) atoms. The van der Waals surface area contributed by atoms with Gasteiger partial charge in [-0.3, -0.25) is 19.2 Å². The van der Waals surface area contributed by atoms with Crippen LogP contribution in [0.15, 0.2) is 52.7 Å². The van der Waals surface area contributed by atoms with Crippen LogP contribution in [0.2, 0.25) is 0 Å². The molecule has 342 valence electrons. The number of allylic oxidation sites excluding steroid dienone is 5. The Hall–Kier alpha value is -3.62. The van der Waals surface area contributed by atoms with Gasteiger partial charge in [-0.2, -0.15) is 0 Å². The van der Waals surface area contributed by atoms with E-state index in [0.717, 1.165) is 80.9 Å². The fourth-order valence-electron chi connectivity index (χ4n) is 17.9. The minimum Gasteiger partial charge on any atom is -0.471 e. The van der Waals surface area contributed by atoms with E-state index >= 15 is 0 Å². The molecule has 1 heterocycles. The summed E-state index contributed by atoms with van der Waals surface area (Å²) < 4.78 is 13.8. The van der Waals surface area contributed by atoms with Gasteiger partial charge in [0.05, 0.1) is 0 Å². The van der Waals surface area contributed by atoms with Crippen molar-refractivity contribution in [3.63, 3.8) is 0 Å². The summed E-state index contributed by atoms with van der Waals surface area (Å²) in [6.07, 6.45) is 15.9. The minimum atomic E-state index is -2.36. The smallest absolute Gasteiger partial charge is 0.317 e. The van der Waals surface area contributed by atoms with E-state index in [-0.39, 0.29) is 62.1 Å². The highest BCUT2D eigenvalue weighted by Crippen LogP contribution is 2.77. The third-order valence-electron chi connectivity index (χ3n) is 22.6. The van der Waals surface area contributed by atoms with Crippen LogP contribution in [-0.2, 0) is 19.8 Å².